The van der Waals surface area contributed by atoms with Gasteiger partial charge in [-0.2, -0.15) is 0 Å². The summed E-state index contributed by atoms with van der Waals surface area (Å²) in [7, 11) is 1.76. The van der Waals surface area contributed by atoms with Crippen molar-refractivity contribution in [1.82, 2.24) is 15.0 Å². The van der Waals surface area contributed by atoms with Crippen molar-refractivity contribution in [3.8, 4) is 11.3 Å². The minimum atomic E-state index is -0.142. The molecule has 1 aliphatic rings. The van der Waals surface area contributed by atoms with Crippen molar-refractivity contribution in [3.63, 3.8) is 0 Å². The lowest BCUT2D eigenvalue weighted by atomic mass is 9.95. The molecule has 0 aliphatic carbocycles. The summed E-state index contributed by atoms with van der Waals surface area (Å²) in [4.78, 5) is 14.5. The van der Waals surface area contributed by atoms with E-state index in [-0.39, 0.29) is 11.9 Å². The highest BCUT2D eigenvalue weighted by Crippen LogP contribution is 2.39. The maximum absolute atomic E-state index is 12.9. The normalized spacial score (nSPS) is 16.1. The largest absolute Gasteiger partial charge is 0.311 e. The first-order valence-corrected chi connectivity index (χ1v) is 8.83. The average Bonchev–Trinajstić information content (AvgIpc) is 3.10. The van der Waals surface area contributed by atoms with Gasteiger partial charge < -0.3 is 4.90 Å². The Labute approximate surface area is 155 Å². The van der Waals surface area contributed by atoms with E-state index in [1.807, 2.05) is 42.8 Å². The molecule has 1 amide bonds. The summed E-state index contributed by atoms with van der Waals surface area (Å²) < 4.78 is 1.88. The van der Waals surface area contributed by atoms with Crippen molar-refractivity contribution in [3.05, 3.63) is 60.8 Å². The van der Waals surface area contributed by atoms with Crippen LogP contribution >= 0.6 is 0 Å². The Balaban J connectivity index is 0.00000117. The van der Waals surface area contributed by atoms with E-state index in [1.165, 1.54) is 0 Å². The third kappa shape index (κ3) is 3.01. The summed E-state index contributed by atoms with van der Waals surface area (Å²) in [5, 5.41) is 8.67. The maximum atomic E-state index is 12.9. The fourth-order valence-corrected chi connectivity index (χ4v) is 2.99. The Morgan fingerprint density at radius 1 is 1.08 bits per heavy atom. The Kier molecular flexibility index (Phi) is 5.93. The molecule has 0 saturated carbocycles. The van der Waals surface area contributed by atoms with Gasteiger partial charge in [-0.1, -0.05) is 62.6 Å². The van der Waals surface area contributed by atoms with Gasteiger partial charge in [0, 0.05) is 29.8 Å². The minimum Gasteiger partial charge on any atom is -0.311 e. The molecule has 0 atom stereocenters. The zero-order chi connectivity index (χ0) is 19.4. The van der Waals surface area contributed by atoms with Crippen LogP contribution in [0.1, 0.15) is 39.4 Å². The number of rotatable bonds is 3. The molecule has 0 spiro atoms. The SMILES string of the molecule is C=C/C1=C(\C=C)c2nnn(C(C)C)c2-c2ccccc2N(C)C1=O.CC. The molecule has 0 radical (unpaired) electrons. The third-order valence-corrected chi connectivity index (χ3v) is 4.19. The van der Waals surface area contributed by atoms with Crippen molar-refractivity contribution < 1.29 is 4.79 Å². The van der Waals surface area contributed by atoms with Crippen LogP contribution in [-0.2, 0) is 4.79 Å². The summed E-state index contributed by atoms with van der Waals surface area (Å²) in [6, 6.07) is 7.91. The molecule has 2 aromatic rings. The van der Waals surface area contributed by atoms with E-state index in [2.05, 4.69) is 37.3 Å². The lowest BCUT2D eigenvalue weighted by molar-refractivity contribution is -0.114. The Hall–Kier alpha value is -2.95. The van der Waals surface area contributed by atoms with Crippen LogP contribution in [0.4, 0.5) is 5.69 Å². The highest BCUT2D eigenvalue weighted by Gasteiger charge is 2.29. The zero-order valence-electron chi connectivity index (χ0n) is 16.2. The quantitative estimate of drug-likeness (QED) is 0.809. The summed E-state index contributed by atoms with van der Waals surface area (Å²) in [6.45, 7) is 15.8. The maximum Gasteiger partial charge on any atom is 0.258 e. The number of carbonyl (C=O) groups is 1. The number of anilines is 1. The van der Waals surface area contributed by atoms with Crippen LogP contribution in [0.25, 0.3) is 16.8 Å². The molecule has 5 nitrogen and oxygen atoms in total. The predicted octanol–water partition coefficient (Wildman–Crippen LogP) is 4.65. The fourth-order valence-electron chi connectivity index (χ4n) is 2.99. The van der Waals surface area contributed by atoms with Crippen LogP contribution in [0.2, 0.25) is 0 Å². The van der Waals surface area contributed by atoms with Gasteiger partial charge in [0.15, 0.2) is 0 Å². The smallest absolute Gasteiger partial charge is 0.258 e. The number of carbonyl (C=O) groups excluding carboxylic acids is 1. The summed E-state index contributed by atoms with van der Waals surface area (Å²) in [5.41, 5.74) is 4.40. The van der Waals surface area contributed by atoms with E-state index >= 15 is 0 Å². The predicted molar refractivity (Wildman–Crippen MR) is 108 cm³/mol. The molecule has 26 heavy (non-hydrogen) atoms. The number of allylic oxidation sites excluding steroid dienone is 2. The van der Waals surface area contributed by atoms with E-state index in [0.29, 0.717) is 16.8 Å². The Bertz CT molecular complexity index is 874. The second-order valence-electron chi connectivity index (χ2n) is 5.94. The molecule has 2 heterocycles. The molecular weight excluding hydrogens is 324 g/mol. The number of hydrogen-bond acceptors (Lipinski definition) is 3. The minimum absolute atomic E-state index is 0.132. The standard InChI is InChI=1S/C19H20N4O.C2H6/c1-6-13-14(7-2)19(24)22(5)16-11-9-8-10-15(16)18-17(13)20-21-23(18)12(3)4;1-2/h6-12H,1-2H2,3-5H3;1-2H3/b14-13-;. The number of nitrogens with zero attached hydrogens (tertiary/aromatic N) is 4. The van der Waals surface area contributed by atoms with Crippen molar-refractivity contribution >= 4 is 17.2 Å². The summed E-state index contributed by atoms with van der Waals surface area (Å²) >= 11 is 0. The first kappa shape index (κ1) is 19.4. The fraction of sp³-hybridized carbons (Fsp3) is 0.286. The van der Waals surface area contributed by atoms with Crippen molar-refractivity contribution in [1.29, 1.82) is 0 Å². The van der Waals surface area contributed by atoms with Crippen molar-refractivity contribution in [2.45, 2.75) is 33.7 Å². The molecule has 1 aromatic heterocycles. The van der Waals surface area contributed by atoms with Crippen molar-refractivity contribution in [2.75, 3.05) is 11.9 Å². The van der Waals surface area contributed by atoms with Crippen LogP contribution in [-0.4, -0.2) is 27.9 Å². The Morgan fingerprint density at radius 3 is 2.27 bits per heavy atom. The molecule has 0 bridgehead atoms. The second-order valence-corrected chi connectivity index (χ2v) is 5.94. The van der Waals surface area contributed by atoms with Crippen LogP contribution < -0.4 is 4.90 Å². The highest BCUT2D eigenvalue weighted by atomic mass is 16.2. The first-order chi connectivity index (χ1) is 12.5. The number of hydrogen-bond donors (Lipinski definition) is 0. The van der Waals surface area contributed by atoms with Crippen LogP contribution in [0, 0.1) is 0 Å². The number of para-hydroxylation sites is 1. The Morgan fingerprint density at radius 2 is 1.69 bits per heavy atom. The number of likely N-dealkylation sites (N-methyl/N-ethyl adjacent to an activating group) is 1. The lowest BCUT2D eigenvalue weighted by Gasteiger charge is -2.25. The number of benzene rings is 1. The molecule has 0 unspecified atom stereocenters. The lowest BCUT2D eigenvalue weighted by Crippen LogP contribution is -2.29. The van der Waals surface area contributed by atoms with Gasteiger partial charge in [0.2, 0.25) is 0 Å². The first-order valence-electron chi connectivity index (χ1n) is 8.83. The summed E-state index contributed by atoms with van der Waals surface area (Å²) in [5.74, 6) is -0.142. The van der Waals surface area contributed by atoms with Crippen LogP contribution in [0.15, 0.2) is 55.1 Å². The molecule has 0 fully saturated rings. The molecule has 0 N–H and O–H groups in total. The molecule has 136 valence electrons. The van der Waals surface area contributed by atoms with E-state index in [4.69, 9.17) is 0 Å². The van der Waals surface area contributed by atoms with Gasteiger partial charge in [0.05, 0.1) is 11.4 Å². The number of fused-ring (bicyclic) bond motifs is 3. The molecule has 0 saturated heterocycles. The van der Waals surface area contributed by atoms with E-state index < -0.39 is 0 Å². The van der Waals surface area contributed by atoms with Crippen LogP contribution in [0.3, 0.4) is 0 Å². The van der Waals surface area contributed by atoms with Crippen molar-refractivity contribution in [2.24, 2.45) is 0 Å². The summed E-state index contributed by atoms with van der Waals surface area (Å²) in [6.07, 6.45) is 3.21. The van der Waals surface area contributed by atoms with Crippen LogP contribution in [0.5, 0.6) is 0 Å². The van der Waals surface area contributed by atoms with E-state index in [9.17, 15) is 4.79 Å². The number of amides is 1. The van der Waals surface area contributed by atoms with Gasteiger partial charge in [-0.3, -0.25) is 4.79 Å². The van der Waals surface area contributed by atoms with E-state index in [0.717, 1.165) is 16.9 Å². The van der Waals surface area contributed by atoms with Gasteiger partial charge in [-0.25, -0.2) is 4.68 Å². The monoisotopic (exact) mass is 350 g/mol. The molecular formula is C21H26N4O. The molecule has 3 rings (SSSR count). The van der Waals surface area contributed by atoms with Gasteiger partial charge >= 0.3 is 0 Å². The van der Waals surface area contributed by atoms with Gasteiger partial charge in [-0.15, -0.1) is 5.10 Å². The molecule has 5 heteroatoms. The zero-order valence-corrected chi connectivity index (χ0v) is 16.2. The van der Waals surface area contributed by atoms with Gasteiger partial charge in [-0.05, 0) is 19.9 Å². The average molecular weight is 350 g/mol. The van der Waals surface area contributed by atoms with E-state index in [1.54, 1.807) is 24.1 Å². The highest BCUT2D eigenvalue weighted by molar-refractivity contribution is 6.16. The third-order valence-electron chi connectivity index (χ3n) is 4.19. The topological polar surface area (TPSA) is 51.0 Å². The molecule has 1 aliphatic heterocycles. The van der Waals surface area contributed by atoms with Gasteiger partial charge in [0.1, 0.15) is 5.69 Å². The van der Waals surface area contributed by atoms with Gasteiger partial charge in [0.25, 0.3) is 5.91 Å². The number of aromatic nitrogens is 3. The molecule has 1 aromatic carbocycles. The second kappa shape index (κ2) is 7.95.